The van der Waals surface area contributed by atoms with Gasteiger partial charge in [0.25, 0.3) is 5.91 Å². The van der Waals surface area contributed by atoms with Gasteiger partial charge < -0.3 is 24.6 Å². The number of ether oxygens (including phenoxy) is 2. The summed E-state index contributed by atoms with van der Waals surface area (Å²) < 4.78 is 10.3. The van der Waals surface area contributed by atoms with Crippen LogP contribution in [0.4, 0.5) is 4.79 Å². The lowest BCUT2D eigenvalue weighted by molar-refractivity contribution is -0.139. The SMILES string of the molecule is COC(=O)CNC(=O)N1CCC(Oc2ncccc2C(=O)N(C)C)C1. The van der Waals surface area contributed by atoms with E-state index in [0.29, 0.717) is 25.1 Å². The van der Waals surface area contributed by atoms with Crippen LogP contribution in [0.1, 0.15) is 16.8 Å². The molecule has 2 rings (SSSR count). The van der Waals surface area contributed by atoms with Gasteiger partial charge in [0, 0.05) is 33.3 Å². The number of carbonyl (C=O) groups is 3. The minimum atomic E-state index is -0.513. The second kappa shape index (κ2) is 8.32. The number of urea groups is 1. The maximum absolute atomic E-state index is 12.2. The Bertz CT molecular complexity index is 649. The summed E-state index contributed by atoms with van der Waals surface area (Å²) in [6.45, 7) is 0.653. The van der Waals surface area contributed by atoms with E-state index < -0.39 is 5.97 Å². The van der Waals surface area contributed by atoms with E-state index in [0.717, 1.165) is 0 Å². The molecule has 3 amide bonds. The molecular formula is C16H22N4O5. The normalized spacial score (nSPS) is 16.3. The lowest BCUT2D eigenvalue weighted by Gasteiger charge is -2.19. The summed E-state index contributed by atoms with van der Waals surface area (Å²) in [5.74, 6) is -0.461. The van der Waals surface area contributed by atoms with Crippen LogP contribution in [0.25, 0.3) is 0 Å². The van der Waals surface area contributed by atoms with Crippen LogP contribution in [0, 0.1) is 0 Å². The average Bonchev–Trinajstić information content (AvgIpc) is 3.07. The first kappa shape index (κ1) is 18.5. The Balaban J connectivity index is 1.94. The number of carbonyl (C=O) groups excluding carboxylic acids is 3. The highest BCUT2D eigenvalue weighted by Crippen LogP contribution is 2.21. The van der Waals surface area contributed by atoms with Crippen molar-refractivity contribution in [1.29, 1.82) is 0 Å². The molecule has 136 valence electrons. The molecule has 1 atom stereocenters. The first-order valence-electron chi connectivity index (χ1n) is 7.85. The first-order valence-corrected chi connectivity index (χ1v) is 7.85. The molecule has 1 aromatic heterocycles. The highest BCUT2D eigenvalue weighted by Gasteiger charge is 2.29. The molecule has 1 aliphatic heterocycles. The minimum absolute atomic E-state index is 0.181. The third-order valence-electron chi connectivity index (χ3n) is 3.73. The van der Waals surface area contributed by atoms with Gasteiger partial charge >= 0.3 is 12.0 Å². The quantitative estimate of drug-likeness (QED) is 0.757. The second-order valence-electron chi connectivity index (χ2n) is 5.77. The molecule has 1 fully saturated rings. The van der Waals surface area contributed by atoms with E-state index in [1.54, 1.807) is 37.3 Å². The monoisotopic (exact) mass is 350 g/mol. The van der Waals surface area contributed by atoms with Crippen LogP contribution in [0.3, 0.4) is 0 Å². The van der Waals surface area contributed by atoms with Gasteiger partial charge in [0.1, 0.15) is 18.2 Å². The molecule has 25 heavy (non-hydrogen) atoms. The summed E-state index contributed by atoms with van der Waals surface area (Å²) in [5.41, 5.74) is 0.376. The zero-order valence-electron chi connectivity index (χ0n) is 14.5. The zero-order valence-corrected chi connectivity index (χ0v) is 14.5. The van der Waals surface area contributed by atoms with Crippen molar-refractivity contribution in [2.45, 2.75) is 12.5 Å². The summed E-state index contributed by atoms with van der Waals surface area (Å²) in [5, 5.41) is 2.48. The summed E-state index contributed by atoms with van der Waals surface area (Å²) >= 11 is 0. The van der Waals surface area contributed by atoms with Crippen molar-refractivity contribution in [1.82, 2.24) is 20.1 Å². The van der Waals surface area contributed by atoms with Crippen molar-refractivity contribution in [3.8, 4) is 5.88 Å². The number of hydrogen-bond acceptors (Lipinski definition) is 6. The zero-order chi connectivity index (χ0) is 18.4. The molecule has 0 spiro atoms. The Morgan fingerprint density at radius 1 is 1.40 bits per heavy atom. The number of nitrogens with one attached hydrogen (secondary N) is 1. The van der Waals surface area contributed by atoms with Gasteiger partial charge in [-0.05, 0) is 12.1 Å². The fraction of sp³-hybridized carbons (Fsp3) is 0.500. The van der Waals surface area contributed by atoms with Crippen molar-refractivity contribution in [2.75, 3.05) is 40.8 Å². The van der Waals surface area contributed by atoms with Gasteiger partial charge in [0.2, 0.25) is 5.88 Å². The number of esters is 1. The van der Waals surface area contributed by atoms with Crippen LogP contribution < -0.4 is 10.1 Å². The maximum atomic E-state index is 12.2. The Labute approximate surface area is 145 Å². The smallest absolute Gasteiger partial charge is 0.325 e. The van der Waals surface area contributed by atoms with Crippen molar-refractivity contribution < 1.29 is 23.9 Å². The first-order chi connectivity index (χ1) is 11.9. The molecule has 0 aliphatic carbocycles. The molecule has 1 aliphatic rings. The molecule has 0 aromatic carbocycles. The molecule has 1 N–H and O–H groups in total. The third kappa shape index (κ3) is 4.82. The third-order valence-corrected chi connectivity index (χ3v) is 3.73. The summed E-state index contributed by atoms with van der Waals surface area (Å²) in [7, 11) is 4.57. The van der Waals surface area contributed by atoms with Crippen LogP contribution in [-0.2, 0) is 9.53 Å². The minimum Gasteiger partial charge on any atom is -0.472 e. The molecule has 1 unspecified atom stereocenters. The molecule has 9 nitrogen and oxygen atoms in total. The van der Waals surface area contributed by atoms with Crippen LogP contribution in [-0.4, -0.2) is 79.6 Å². The lowest BCUT2D eigenvalue weighted by atomic mass is 10.2. The molecule has 9 heteroatoms. The van der Waals surface area contributed by atoms with Crippen LogP contribution in [0.2, 0.25) is 0 Å². The van der Waals surface area contributed by atoms with Gasteiger partial charge in [-0.15, -0.1) is 0 Å². The Kier molecular flexibility index (Phi) is 6.15. The predicted octanol–water partition coefficient (Wildman–Crippen LogP) is 0.119. The number of hydrogen-bond donors (Lipinski definition) is 1. The Morgan fingerprint density at radius 2 is 2.16 bits per heavy atom. The van der Waals surface area contributed by atoms with Gasteiger partial charge in [-0.2, -0.15) is 0 Å². The average molecular weight is 350 g/mol. The van der Waals surface area contributed by atoms with E-state index in [9.17, 15) is 14.4 Å². The van der Waals surface area contributed by atoms with Crippen LogP contribution in [0.15, 0.2) is 18.3 Å². The van der Waals surface area contributed by atoms with Gasteiger partial charge in [-0.1, -0.05) is 0 Å². The van der Waals surface area contributed by atoms with Crippen molar-refractivity contribution >= 4 is 17.9 Å². The number of methoxy groups -OCH3 is 1. The van der Waals surface area contributed by atoms with Gasteiger partial charge in [-0.3, -0.25) is 9.59 Å². The number of nitrogens with zero attached hydrogens (tertiary/aromatic N) is 3. The van der Waals surface area contributed by atoms with Gasteiger partial charge in [0.05, 0.1) is 13.7 Å². The van der Waals surface area contributed by atoms with Crippen LogP contribution in [0.5, 0.6) is 5.88 Å². The number of pyridine rings is 1. The van der Waals surface area contributed by atoms with E-state index in [-0.39, 0.29) is 30.5 Å². The summed E-state index contributed by atoms with van der Waals surface area (Å²) in [4.78, 5) is 42.4. The topological polar surface area (TPSA) is 101 Å². The van der Waals surface area contributed by atoms with Gasteiger partial charge in [-0.25, -0.2) is 9.78 Å². The summed E-state index contributed by atoms with van der Waals surface area (Å²) in [6, 6.07) is 2.97. The van der Waals surface area contributed by atoms with Crippen molar-refractivity contribution in [3.05, 3.63) is 23.9 Å². The molecular weight excluding hydrogens is 328 g/mol. The molecule has 0 radical (unpaired) electrons. The number of likely N-dealkylation sites (tertiary alicyclic amines) is 1. The number of rotatable bonds is 5. The molecule has 1 saturated heterocycles. The molecule has 2 heterocycles. The predicted molar refractivity (Wildman–Crippen MR) is 88.3 cm³/mol. The van der Waals surface area contributed by atoms with E-state index in [1.807, 2.05) is 0 Å². The summed E-state index contributed by atoms with van der Waals surface area (Å²) in [6.07, 6.45) is 1.89. The fourth-order valence-electron chi connectivity index (χ4n) is 2.39. The van der Waals surface area contributed by atoms with E-state index in [2.05, 4.69) is 15.0 Å². The number of amides is 3. The van der Waals surface area contributed by atoms with Crippen LogP contribution >= 0.6 is 0 Å². The molecule has 0 saturated carbocycles. The molecule has 1 aromatic rings. The second-order valence-corrected chi connectivity index (χ2v) is 5.77. The van der Waals surface area contributed by atoms with E-state index >= 15 is 0 Å². The highest BCUT2D eigenvalue weighted by atomic mass is 16.5. The number of aromatic nitrogens is 1. The molecule has 0 bridgehead atoms. The van der Waals surface area contributed by atoms with E-state index in [1.165, 1.54) is 12.0 Å². The Hall–Kier alpha value is -2.84. The lowest BCUT2D eigenvalue weighted by Crippen LogP contribution is -2.41. The highest BCUT2D eigenvalue weighted by molar-refractivity contribution is 5.96. The Morgan fingerprint density at radius 3 is 2.84 bits per heavy atom. The van der Waals surface area contributed by atoms with Crippen molar-refractivity contribution in [2.24, 2.45) is 0 Å². The fourth-order valence-corrected chi connectivity index (χ4v) is 2.39. The standard InChI is InChI=1S/C16H22N4O5/c1-19(2)15(22)12-5-4-7-17-14(12)25-11-6-8-20(10-11)16(23)18-9-13(21)24-3/h4-5,7,11H,6,8-10H2,1-3H3,(H,18,23). The largest absolute Gasteiger partial charge is 0.472 e. The van der Waals surface area contributed by atoms with Crippen molar-refractivity contribution in [3.63, 3.8) is 0 Å². The van der Waals surface area contributed by atoms with E-state index in [4.69, 9.17) is 4.74 Å². The maximum Gasteiger partial charge on any atom is 0.325 e. The van der Waals surface area contributed by atoms with Gasteiger partial charge in [0.15, 0.2) is 0 Å².